The number of halogens is 2. The molecule has 5 aromatic rings. The summed E-state index contributed by atoms with van der Waals surface area (Å²) in [6.45, 7) is 0. The van der Waals surface area contributed by atoms with Crippen molar-refractivity contribution in [3.8, 4) is 16.8 Å². The summed E-state index contributed by atoms with van der Waals surface area (Å²) in [5, 5.41) is 1.68. The fourth-order valence-corrected chi connectivity index (χ4v) is 4.53. The SMILES string of the molecule is Fc1cccc(CSc2ncnc3c2c(-c2ccccc2)cn3-c2cccc(F)c2)c1. The third-order valence-electron chi connectivity index (χ3n) is 4.98. The topological polar surface area (TPSA) is 30.7 Å². The molecule has 0 N–H and O–H groups in total. The van der Waals surface area contributed by atoms with Gasteiger partial charge in [-0.1, -0.05) is 48.5 Å². The molecule has 0 amide bonds. The summed E-state index contributed by atoms with van der Waals surface area (Å²) in [6, 6.07) is 23.0. The normalized spacial score (nSPS) is 11.2. The number of hydrogen-bond donors (Lipinski definition) is 0. The number of aromatic nitrogens is 3. The van der Waals surface area contributed by atoms with Crippen molar-refractivity contribution in [3.05, 3.63) is 109 Å². The Kier molecular flexibility index (Phi) is 5.22. The van der Waals surface area contributed by atoms with Gasteiger partial charge in [-0.25, -0.2) is 18.7 Å². The highest BCUT2D eigenvalue weighted by molar-refractivity contribution is 7.98. The molecule has 0 saturated heterocycles. The van der Waals surface area contributed by atoms with Crippen LogP contribution in [0.1, 0.15) is 5.56 Å². The van der Waals surface area contributed by atoms with E-state index in [9.17, 15) is 8.78 Å². The molecule has 0 bridgehead atoms. The molecule has 6 heteroatoms. The van der Waals surface area contributed by atoms with Crippen LogP contribution < -0.4 is 0 Å². The molecule has 3 aromatic carbocycles. The van der Waals surface area contributed by atoms with Crippen LogP contribution in [0.3, 0.4) is 0 Å². The van der Waals surface area contributed by atoms with E-state index in [1.54, 1.807) is 12.1 Å². The highest BCUT2D eigenvalue weighted by Gasteiger charge is 2.18. The van der Waals surface area contributed by atoms with Gasteiger partial charge in [0, 0.05) is 23.2 Å². The van der Waals surface area contributed by atoms with Crippen LogP contribution in [-0.2, 0) is 5.75 Å². The molecule has 0 radical (unpaired) electrons. The van der Waals surface area contributed by atoms with E-state index in [0.29, 0.717) is 17.1 Å². The quantitative estimate of drug-likeness (QED) is 0.231. The molecule has 0 unspecified atom stereocenters. The van der Waals surface area contributed by atoms with E-state index in [0.717, 1.165) is 27.1 Å². The van der Waals surface area contributed by atoms with Crippen LogP contribution in [0.5, 0.6) is 0 Å². The lowest BCUT2D eigenvalue weighted by molar-refractivity contribution is 0.626. The summed E-state index contributed by atoms with van der Waals surface area (Å²) in [5.74, 6) is 0.00650. The van der Waals surface area contributed by atoms with E-state index in [1.807, 2.05) is 53.2 Å². The summed E-state index contributed by atoms with van der Waals surface area (Å²) in [6.07, 6.45) is 3.48. The fraction of sp³-hybridized carbons (Fsp3) is 0.0400. The van der Waals surface area contributed by atoms with Gasteiger partial charge in [-0.3, -0.25) is 0 Å². The minimum Gasteiger partial charge on any atom is -0.300 e. The predicted molar refractivity (Wildman–Crippen MR) is 120 cm³/mol. The first-order chi connectivity index (χ1) is 15.2. The Bertz CT molecular complexity index is 1370. The zero-order valence-corrected chi connectivity index (χ0v) is 17.2. The van der Waals surface area contributed by atoms with Crippen molar-refractivity contribution >= 4 is 22.8 Å². The van der Waals surface area contributed by atoms with Gasteiger partial charge in [0.15, 0.2) is 0 Å². The zero-order chi connectivity index (χ0) is 21.2. The first kappa shape index (κ1) is 19.5. The average molecular weight is 429 g/mol. The summed E-state index contributed by atoms with van der Waals surface area (Å²) in [4.78, 5) is 9.05. The second-order valence-corrected chi connectivity index (χ2v) is 8.02. The van der Waals surface area contributed by atoms with E-state index in [4.69, 9.17) is 0 Å². The Morgan fingerprint density at radius 2 is 1.58 bits per heavy atom. The van der Waals surface area contributed by atoms with Gasteiger partial charge >= 0.3 is 0 Å². The summed E-state index contributed by atoms with van der Waals surface area (Å²) in [5.41, 5.74) is 4.24. The lowest BCUT2D eigenvalue weighted by Crippen LogP contribution is -1.95. The number of nitrogens with zero attached hydrogens (tertiary/aromatic N) is 3. The van der Waals surface area contributed by atoms with Crippen LogP contribution in [0, 0.1) is 11.6 Å². The second-order valence-electron chi connectivity index (χ2n) is 7.05. The molecule has 3 nitrogen and oxygen atoms in total. The van der Waals surface area contributed by atoms with Crippen molar-refractivity contribution in [2.75, 3.05) is 0 Å². The largest absolute Gasteiger partial charge is 0.300 e. The van der Waals surface area contributed by atoms with Gasteiger partial charge in [0.1, 0.15) is 28.6 Å². The van der Waals surface area contributed by atoms with Crippen LogP contribution in [-0.4, -0.2) is 14.5 Å². The van der Waals surface area contributed by atoms with Gasteiger partial charge in [-0.2, -0.15) is 0 Å². The molecule has 152 valence electrons. The summed E-state index contributed by atoms with van der Waals surface area (Å²) in [7, 11) is 0. The zero-order valence-electron chi connectivity index (χ0n) is 16.4. The molecular weight excluding hydrogens is 412 g/mol. The molecule has 31 heavy (non-hydrogen) atoms. The lowest BCUT2D eigenvalue weighted by Gasteiger charge is -2.07. The molecule has 0 atom stereocenters. The smallest absolute Gasteiger partial charge is 0.149 e. The van der Waals surface area contributed by atoms with Gasteiger partial charge in [0.05, 0.1) is 5.39 Å². The number of fused-ring (bicyclic) bond motifs is 1. The monoisotopic (exact) mass is 429 g/mol. The van der Waals surface area contributed by atoms with Gasteiger partial charge in [0.25, 0.3) is 0 Å². The maximum atomic E-state index is 13.9. The third-order valence-corrected chi connectivity index (χ3v) is 6.04. The van der Waals surface area contributed by atoms with Crippen molar-refractivity contribution in [3.63, 3.8) is 0 Å². The highest BCUT2D eigenvalue weighted by Crippen LogP contribution is 2.37. The number of rotatable bonds is 5. The Morgan fingerprint density at radius 1 is 0.806 bits per heavy atom. The molecule has 0 saturated carbocycles. The first-order valence-corrected chi connectivity index (χ1v) is 10.7. The van der Waals surface area contributed by atoms with Crippen LogP contribution >= 0.6 is 11.8 Å². The third kappa shape index (κ3) is 3.94. The summed E-state index contributed by atoms with van der Waals surface area (Å²) < 4.78 is 29.4. The van der Waals surface area contributed by atoms with Gasteiger partial charge in [-0.15, -0.1) is 11.8 Å². The van der Waals surface area contributed by atoms with Crippen LogP contribution in [0.25, 0.3) is 27.8 Å². The molecular formula is C25H17F2N3S. The van der Waals surface area contributed by atoms with Crippen molar-refractivity contribution < 1.29 is 8.78 Å². The molecule has 2 heterocycles. The van der Waals surface area contributed by atoms with E-state index >= 15 is 0 Å². The molecule has 0 fully saturated rings. The van der Waals surface area contributed by atoms with Crippen molar-refractivity contribution in [1.29, 1.82) is 0 Å². The molecule has 5 rings (SSSR count). The van der Waals surface area contributed by atoms with Crippen LogP contribution in [0.15, 0.2) is 96.4 Å². The number of hydrogen-bond acceptors (Lipinski definition) is 3. The van der Waals surface area contributed by atoms with Crippen LogP contribution in [0.4, 0.5) is 8.78 Å². The molecule has 0 aliphatic rings. The molecule has 0 spiro atoms. The molecule has 2 aromatic heterocycles. The van der Waals surface area contributed by atoms with E-state index in [-0.39, 0.29) is 11.6 Å². The Hall–Kier alpha value is -3.51. The van der Waals surface area contributed by atoms with Gasteiger partial charge < -0.3 is 4.57 Å². The van der Waals surface area contributed by atoms with Crippen molar-refractivity contribution in [1.82, 2.24) is 14.5 Å². The molecule has 0 aliphatic heterocycles. The second kappa shape index (κ2) is 8.32. The standard InChI is InChI=1S/C25H17F2N3S/c26-19-9-4-6-17(12-19)15-31-25-23-22(18-7-2-1-3-8-18)14-30(24(23)28-16-29-25)21-11-5-10-20(27)13-21/h1-14,16H,15H2. The Balaban J connectivity index is 1.66. The Labute approximate surface area is 182 Å². The van der Waals surface area contributed by atoms with Crippen LogP contribution in [0.2, 0.25) is 0 Å². The first-order valence-electron chi connectivity index (χ1n) is 9.74. The van der Waals surface area contributed by atoms with E-state index < -0.39 is 0 Å². The van der Waals surface area contributed by atoms with Gasteiger partial charge in [0.2, 0.25) is 0 Å². The van der Waals surface area contributed by atoms with E-state index in [2.05, 4.69) is 9.97 Å². The van der Waals surface area contributed by atoms with Gasteiger partial charge in [-0.05, 0) is 41.5 Å². The van der Waals surface area contributed by atoms with Crippen molar-refractivity contribution in [2.24, 2.45) is 0 Å². The van der Waals surface area contributed by atoms with E-state index in [1.165, 1.54) is 42.4 Å². The highest BCUT2D eigenvalue weighted by atomic mass is 32.2. The fourth-order valence-electron chi connectivity index (χ4n) is 3.58. The predicted octanol–water partition coefficient (Wildman–Crippen LogP) is 6.66. The summed E-state index contributed by atoms with van der Waals surface area (Å²) >= 11 is 1.53. The molecule has 0 aliphatic carbocycles. The Morgan fingerprint density at radius 3 is 2.35 bits per heavy atom. The lowest BCUT2D eigenvalue weighted by atomic mass is 10.1. The minimum absolute atomic E-state index is 0.256. The van der Waals surface area contributed by atoms with Crippen molar-refractivity contribution in [2.45, 2.75) is 10.8 Å². The maximum Gasteiger partial charge on any atom is 0.149 e. The number of benzene rings is 3. The number of thioether (sulfide) groups is 1. The average Bonchev–Trinajstić information content (AvgIpc) is 3.19. The maximum absolute atomic E-state index is 13.9. The minimum atomic E-state index is -0.310.